The van der Waals surface area contributed by atoms with Crippen molar-refractivity contribution in [1.82, 2.24) is 15.0 Å². The molecule has 4 nitrogen and oxygen atoms in total. The molecule has 0 amide bonds. The Bertz CT molecular complexity index is 2500. The monoisotopic (exact) mass is 842 g/mol. The van der Waals surface area contributed by atoms with E-state index in [4.69, 9.17) is 9.40 Å². The molecule has 0 aliphatic rings. The van der Waals surface area contributed by atoms with Crippen LogP contribution in [0.2, 0.25) is 0 Å². The molecule has 0 spiro atoms. The molecule has 0 N–H and O–H groups in total. The van der Waals surface area contributed by atoms with E-state index in [1.54, 1.807) is 0 Å². The smallest absolute Gasteiger partial charge is 0.216 e. The number of rotatable bonds is 4. The first-order valence-corrected chi connectivity index (χ1v) is 16.9. The van der Waals surface area contributed by atoms with Crippen molar-refractivity contribution in [2.45, 2.75) is 48.5 Å². The Morgan fingerprint density at radius 1 is 0.588 bits per heavy atom. The summed E-state index contributed by atoms with van der Waals surface area (Å²) in [6, 6.07) is 40.0. The first kappa shape index (κ1) is 35.6. The Labute approximate surface area is 314 Å². The number of furan rings is 1. The van der Waals surface area contributed by atoms with Gasteiger partial charge in [0, 0.05) is 43.4 Å². The molecule has 0 aliphatic carbocycles. The number of benzene rings is 4. The Balaban J connectivity index is 0.000000236. The summed E-state index contributed by atoms with van der Waals surface area (Å²) in [6.45, 7) is 14.7. The topological polar surface area (TPSA) is 51.8 Å². The number of fused-ring (bicyclic) bond motifs is 3. The minimum Gasteiger partial charge on any atom is -0.486 e. The Hall–Kier alpha value is -5.22. The third-order valence-electron chi connectivity index (χ3n) is 9.56. The van der Waals surface area contributed by atoms with E-state index in [0.29, 0.717) is 5.71 Å². The molecule has 0 unspecified atom stereocenters. The second-order valence-electron chi connectivity index (χ2n) is 13.1. The second-order valence-corrected chi connectivity index (χ2v) is 13.1. The zero-order chi connectivity index (χ0) is 34.9. The SMILES string of the molecule is Cc1c[c-]c(-c2cc(C)c(C)cn2)cc1.Cc1cnc(-c2[c-]ccc3c2oc2nc(-c4c(C)ccc(-c5ccccc5)c4C)ccc23)cc1C.[Ir]. The van der Waals surface area contributed by atoms with Crippen LogP contribution in [-0.2, 0) is 20.1 Å². The van der Waals surface area contributed by atoms with Crippen LogP contribution in [-0.4, -0.2) is 15.0 Å². The summed E-state index contributed by atoms with van der Waals surface area (Å²) in [5.74, 6) is 0. The van der Waals surface area contributed by atoms with E-state index in [2.05, 4.69) is 143 Å². The molecule has 8 rings (SSSR count). The number of nitrogens with zero attached hydrogens (tertiary/aromatic N) is 3. The maximum absolute atomic E-state index is 6.38. The van der Waals surface area contributed by atoms with Crippen LogP contribution in [0.25, 0.3) is 67.0 Å². The van der Waals surface area contributed by atoms with Crippen molar-refractivity contribution in [1.29, 1.82) is 0 Å². The molecule has 0 bridgehead atoms. The van der Waals surface area contributed by atoms with Gasteiger partial charge in [0.25, 0.3) is 0 Å². The van der Waals surface area contributed by atoms with Gasteiger partial charge in [-0.15, -0.1) is 53.6 Å². The van der Waals surface area contributed by atoms with Crippen molar-refractivity contribution >= 4 is 22.1 Å². The molecule has 4 aromatic heterocycles. The quantitative estimate of drug-likeness (QED) is 0.166. The predicted molar refractivity (Wildman–Crippen MR) is 206 cm³/mol. The van der Waals surface area contributed by atoms with Gasteiger partial charge in [-0.1, -0.05) is 83.6 Å². The molecular weight excluding hydrogens is 803 g/mol. The summed E-state index contributed by atoms with van der Waals surface area (Å²) >= 11 is 0. The summed E-state index contributed by atoms with van der Waals surface area (Å²) in [4.78, 5) is 14.1. The van der Waals surface area contributed by atoms with Crippen LogP contribution >= 0.6 is 0 Å². The van der Waals surface area contributed by atoms with Gasteiger partial charge in [-0.25, -0.2) is 4.98 Å². The summed E-state index contributed by atoms with van der Waals surface area (Å²) in [5, 5.41) is 2.02. The molecule has 1 radical (unpaired) electrons. The standard InChI is InChI=1S/C32H25N2O.C14H14N.Ir/c1-19-13-14-24(23-9-6-5-7-10-23)22(4)30(19)28-16-15-26-25-11-8-12-27(31(25)35-32(26)34-28)29-17-20(2)21(3)18-33-29;1-10-4-6-13(7-5-10)14-8-11(2)12(3)9-15-14;/h5-11,13-18H,1-4H3;4-6,8-9H,1-3H3;/q2*-1;. The van der Waals surface area contributed by atoms with E-state index in [1.165, 1.54) is 50.1 Å². The molecule has 0 saturated heterocycles. The van der Waals surface area contributed by atoms with E-state index >= 15 is 0 Å². The van der Waals surface area contributed by atoms with Crippen molar-refractivity contribution in [2.24, 2.45) is 0 Å². The van der Waals surface area contributed by atoms with Gasteiger partial charge in [0.05, 0.1) is 11.3 Å². The van der Waals surface area contributed by atoms with E-state index < -0.39 is 0 Å². The van der Waals surface area contributed by atoms with E-state index in [9.17, 15) is 0 Å². The summed E-state index contributed by atoms with van der Waals surface area (Å²) in [6.07, 6.45) is 3.82. The van der Waals surface area contributed by atoms with Crippen molar-refractivity contribution in [3.63, 3.8) is 0 Å². The maximum Gasteiger partial charge on any atom is 0.216 e. The minimum absolute atomic E-state index is 0. The van der Waals surface area contributed by atoms with Gasteiger partial charge in [-0.2, -0.15) is 0 Å². The first-order valence-electron chi connectivity index (χ1n) is 16.9. The van der Waals surface area contributed by atoms with Gasteiger partial charge in [0.2, 0.25) is 5.71 Å². The van der Waals surface area contributed by atoms with E-state index in [1.807, 2.05) is 36.7 Å². The third-order valence-corrected chi connectivity index (χ3v) is 9.56. The van der Waals surface area contributed by atoms with Crippen molar-refractivity contribution < 1.29 is 24.5 Å². The maximum atomic E-state index is 6.38. The van der Waals surface area contributed by atoms with Gasteiger partial charge >= 0.3 is 0 Å². The van der Waals surface area contributed by atoms with Crippen LogP contribution in [0.1, 0.15) is 38.9 Å². The Kier molecular flexibility index (Phi) is 10.4. The van der Waals surface area contributed by atoms with Crippen molar-refractivity contribution in [3.8, 4) is 44.9 Å². The van der Waals surface area contributed by atoms with Crippen LogP contribution in [0.3, 0.4) is 0 Å². The fourth-order valence-electron chi connectivity index (χ4n) is 6.32. The molecule has 4 aromatic carbocycles. The molecule has 4 heterocycles. The van der Waals surface area contributed by atoms with Crippen LogP contribution in [0.15, 0.2) is 114 Å². The Morgan fingerprint density at radius 2 is 1.29 bits per heavy atom. The Morgan fingerprint density at radius 3 is 1.98 bits per heavy atom. The third kappa shape index (κ3) is 7.19. The molecular formula is C46H39IrN3O-2. The average Bonchev–Trinajstić information content (AvgIpc) is 3.50. The minimum atomic E-state index is 0. The number of aryl methyl sites for hydroxylation is 6. The van der Waals surface area contributed by atoms with Crippen LogP contribution in [0.5, 0.6) is 0 Å². The molecule has 8 aromatic rings. The van der Waals surface area contributed by atoms with Crippen LogP contribution in [0.4, 0.5) is 0 Å². The van der Waals surface area contributed by atoms with Gasteiger partial charge in [-0.05, 0) is 98.4 Å². The summed E-state index contributed by atoms with van der Waals surface area (Å²) in [5.41, 5.74) is 18.2. The van der Waals surface area contributed by atoms with E-state index in [-0.39, 0.29) is 20.1 Å². The molecule has 0 atom stereocenters. The number of pyridine rings is 3. The van der Waals surface area contributed by atoms with Gasteiger partial charge in [-0.3, -0.25) is 0 Å². The number of hydrogen-bond acceptors (Lipinski definition) is 4. The van der Waals surface area contributed by atoms with E-state index in [0.717, 1.165) is 50.1 Å². The van der Waals surface area contributed by atoms with Gasteiger partial charge in [0.15, 0.2) is 0 Å². The van der Waals surface area contributed by atoms with Crippen LogP contribution < -0.4 is 0 Å². The van der Waals surface area contributed by atoms with Gasteiger partial charge in [0.1, 0.15) is 0 Å². The molecule has 5 heteroatoms. The summed E-state index contributed by atoms with van der Waals surface area (Å²) < 4.78 is 6.38. The zero-order valence-electron chi connectivity index (χ0n) is 30.0. The number of hydrogen-bond donors (Lipinski definition) is 0. The first-order chi connectivity index (χ1) is 24.2. The zero-order valence-corrected chi connectivity index (χ0v) is 32.4. The molecule has 0 aliphatic heterocycles. The molecule has 255 valence electrons. The predicted octanol–water partition coefficient (Wildman–Crippen LogP) is 11.9. The van der Waals surface area contributed by atoms with Crippen molar-refractivity contribution in [3.05, 3.63) is 161 Å². The molecule has 0 saturated carbocycles. The molecule has 51 heavy (non-hydrogen) atoms. The number of aromatic nitrogens is 3. The largest absolute Gasteiger partial charge is 0.486 e. The normalized spacial score (nSPS) is 10.9. The van der Waals surface area contributed by atoms with Crippen LogP contribution in [0, 0.1) is 60.6 Å². The summed E-state index contributed by atoms with van der Waals surface area (Å²) in [7, 11) is 0. The second kappa shape index (κ2) is 14.9. The van der Waals surface area contributed by atoms with Crippen molar-refractivity contribution in [2.75, 3.05) is 0 Å². The van der Waals surface area contributed by atoms with Gasteiger partial charge < -0.3 is 14.4 Å². The average molecular weight is 842 g/mol. The molecule has 0 fully saturated rings. The fourth-order valence-corrected chi connectivity index (χ4v) is 6.32. The fraction of sp³-hybridized carbons (Fsp3) is 0.152.